The zero-order chi connectivity index (χ0) is 13.0. The molecule has 2 rings (SSSR count). The Balaban J connectivity index is 1.98. The molecule has 2 aromatic rings. The molecule has 0 unspecified atom stereocenters. The van der Waals surface area contributed by atoms with Crippen molar-refractivity contribution in [3.63, 3.8) is 0 Å². The lowest BCUT2D eigenvalue weighted by molar-refractivity contribution is 0.876. The van der Waals surface area contributed by atoms with Crippen LogP contribution < -0.4 is 10.6 Å². The normalized spacial score (nSPS) is 10.3. The first-order valence-electron chi connectivity index (χ1n) is 6.27. The van der Waals surface area contributed by atoms with Crippen molar-refractivity contribution in [2.24, 2.45) is 0 Å². The molecule has 0 spiro atoms. The van der Waals surface area contributed by atoms with Gasteiger partial charge in [0.05, 0.1) is 0 Å². The quantitative estimate of drug-likeness (QED) is 0.831. The fraction of sp³-hybridized carbons (Fsp3) is 0.250. The molecule has 2 aromatic carbocycles. The molecule has 2 nitrogen and oxygen atoms in total. The Bertz CT molecular complexity index is 520. The third-order valence-electron chi connectivity index (χ3n) is 3.13. The number of nitrogen functional groups attached to an aromatic ring is 1. The van der Waals surface area contributed by atoms with Crippen LogP contribution in [0.15, 0.2) is 48.5 Å². The summed E-state index contributed by atoms with van der Waals surface area (Å²) in [6, 6.07) is 16.7. The molecule has 0 amide bonds. The van der Waals surface area contributed by atoms with Crippen LogP contribution in [0.4, 0.5) is 11.4 Å². The van der Waals surface area contributed by atoms with Gasteiger partial charge in [0, 0.05) is 25.0 Å². The Labute approximate surface area is 109 Å². The van der Waals surface area contributed by atoms with Crippen LogP contribution in [0.5, 0.6) is 0 Å². The van der Waals surface area contributed by atoms with Crippen molar-refractivity contribution in [1.29, 1.82) is 0 Å². The zero-order valence-electron chi connectivity index (χ0n) is 11.1. The van der Waals surface area contributed by atoms with E-state index in [1.54, 1.807) is 0 Å². The van der Waals surface area contributed by atoms with Gasteiger partial charge in [-0.25, -0.2) is 0 Å². The van der Waals surface area contributed by atoms with Gasteiger partial charge in [-0.2, -0.15) is 0 Å². The summed E-state index contributed by atoms with van der Waals surface area (Å²) in [4.78, 5) is 2.23. The fourth-order valence-electron chi connectivity index (χ4n) is 2.06. The summed E-state index contributed by atoms with van der Waals surface area (Å²) < 4.78 is 0. The lowest BCUT2D eigenvalue weighted by Crippen LogP contribution is -2.20. The number of nitrogens with zero attached hydrogens (tertiary/aromatic N) is 1. The smallest absolute Gasteiger partial charge is 0.0384 e. The van der Waals surface area contributed by atoms with E-state index < -0.39 is 0 Å². The number of rotatable bonds is 4. The number of hydrogen-bond acceptors (Lipinski definition) is 2. The molecule has 0 aromatic heterocycles. The highest BCUT2D eigenvalue weighted by molar-refractivity contribution is 5.55. The minimum Gasteiger partial charge on any atom is -0.399 e. The van der Waals surface area contributed by atoms with Crippen LogP contribution in [-0.2, 0) is 6.42 Å². The molecule has 18 heavy (non-hydrogen) atoms. The van der Waals surface area contributed by atoms with E-state index in [1.807, 2.05) is 18.2 Å². The molecule has 0 saturated heterocycles. The molecule has 0 aliphatic heterocycles. The third-order valence-corrected chi connectivity index (χ3v) is 3.13. The topological polar surface area (TPSA) is 29.3 Å². The molecule has 0 heterocycles. The van der Waals surface area contributed by atoms with Crippen molar-refractivity contribution in [3.8, 4) is 0 Å². The minimum atomic E-state index is 0.815. The molecule has 2 heteroatoms. The van der Waals surface area contributed by atoms with Crippen LogP contribution in [0, 0.1) is 6.92 Å². The summed E-state index contributed by atoms with van der Waals surface area (Å²) >= 11 is 0. The molecular formula is C16H20N2. The van der Waals surface area contributed by atoms with Gasteiger partial charge in [-0.05, 0) is 37.1 Å². The van der Waals surface area contributed by atoms with E-state index in [-0.39, 0.29) is 0 Å². The van der Waals surface area contributed by atoms with Gasteiger partial charge in [0.25, 0.3) is 0 Å². The maximum atomic E-state index is 5.80. The number of aryl methyl sites for hydroxylation is 1. The second kappa shape index (κ2) is 5.58. The molecule has 94 valence electrons. The van der Waals surface area contributed by atoms with Gasteiger partial charge in [0.1, 0.15) is 0 Å². The standard InChI is InChI=1S/C16H20N2/c1-13-5-3-6-14(11-13)9-10-18(2)16-8-4-7-15(17)12-16/h3-8,11-12H,9-10,17H2,1-2H3. The summed E-state index contributed by atoms with van der Waals surface area (Å²) in [5.41, 5.74) is 10.5. The first-order chi connectivity index (χ1) is 8.65. The Kier molecular flexibility index (Phi) is 3.88. The summed E-state index contributed by atoms with van der Waals surface area (Å²) in [5.74, 6) is 0. The first kappa shape index (κ1) is 12.5. The summed E-state index contributed by atoms with van der Waals surface area (Å²) in [5, 5.41) is 0. The summed E-state index contributed by atoms with van der Waals surface area (Å²) in [6.45, 7) is 3.12. The van der Waals surface area contributed by atoms with E-state index >= 15 is 0 Å². The van der Waals surface area contributed by atoms with Crippen LogP contribution in [0.25, 0.3) is 0 Å². The summed E-state index contributed by atoms with van der Waals surface area (Å²) in [7, 11) is 2.10. The highest BCUT2D eigenvalue weighted by Gasteiger charge is 2.01. The molecule has 0 aliphatic rings. The fourth-order valence-corrected chi connectivity index (χ4v) is 2.06. The third kappa shape index (κ3) is 3.27. The lowest BCUT2D eigenvalue weighted by Gasteiger charge is -2.19. The van der Waals surface area contributed by atoms with Crippen LogP contribution >= 0.6 is 0 Å². The second-order valence-electron chi connectivity index (χ2n) is 4.76. The van der Waals surface area contributed by atoms with E-state index in [2.05, 4.69) is 49.2 Å². The van der Waals surface area contributed by atoms with Crippen LogP contribution in [-0.4, -0.2) is 13.6 Å². The molecular weight excluding hydrogens is 220 g/mol. The van der Waals surface area contributed by atoms with Gasteiger partial charge in [-0.15, -0.1) is 0 Å². The molecule has 0 atom stereocenters. The monoisotopic (exact) mass is 240 g/mol. The highest BCUT2D eigenvalue weighted by atomic mass is 15.1. The predicted molar refractivity (Wildman–Crippen MR) is 79.0 cm³/mol. The average molecular weight is 240 g/mol. The lowest BCUT2D eigenvalue weighted by atomic mass is 10.1. The molecule has 0 radical (unpaired) electrons. The zero-order valence-corrected chi connectivity index (χ0v) is 11.1. The maximum Gasteiger partial charge on any atom is 0.0384 e. The molecule has 2 N–H and O–H groups in total. The number of anilines is 2. The largest absolute Gasteiger partial charge is 0.399 e. The van der Waals surface area contributed by atoms with Gasteiger partial charge in [-0.1, -0.05) is 35.9 Å². The Morgan fingerprint density at radius 1 is 1.06 bits per heavy atom. The van der Waals surface area contributed by atoms with E-state index in [0.717, 1.165) is 18.7 Å². The van der Waals surface area contributed by atoms with E-state index in [4.69, 9.17) is 5.73 Å². The van der Waals surface area contributed by atoms with Crippen LogP contribution in [0.2, 0.25) is 0 Å². The number of hydrogen-bond donors (Lipinski definition) is 1. The van der Waals surface area contributed by atoms with Crippen LogP contribution in [0.3, 0.4) is 0 Å². The maximum absolute atomic E-state index is 5.80. The minimum absolute atomic E-state index is 0.815. The van der Waals surface area contributed by atoms with Crippen molar-refractivity contribution in [1.82, 2.24) is 0 Å². The number of benzene rings is 2. The summed E-state index contributed by atoms with van der Waals surface area (Å²) in [6.07, 6.45) is 1.05. The van der Waals surface area contributed by atoms with E-state index in [1.165, 1.54) is 16.8 Å². The van der Waals surface area contributed by atoms with Crippen molar-refractivity contribution in [3.05, 3.63) is 59.7 Å². The second-order valence-corrected chi connectivity index (χ2v) is 4.76. The average Bonchev–Trinajstić information content (AvgIpc) is 2.36. The van der Waals surface area contributed by atoms with Crippen molar-refractivity contribution < 1.29 is 0 Å². The van der Waals surface area contributed by atoms with Gasteiger partial charge in [-0.3, -0.25) is 0 Å². The Morgan fingerprint density at radius 2 is 1.83 bits per heavy atom. The molecule has 0 aliphatic carbocycles. The van der Waals surface area contributed by atoms with Gasteiger partial charge in [0.15, 0.2) is 0 Å². The van der Waals surface area contributed by atoms with Crippen LogP contribution in [0.1, 0.15) is 11.1 Å². The molecule has 0 fully saturated rings. The van der Waals surface area contributed by atoms with Crippen molar-refractivity contribution in [2.75, 3.05) is 24.2 Å². The molecule has 0 saturated carbocycles. The van der Waals surface area contributed by atoms with E-state index in [9.17, 15) is 0 Å². The highest BCUT2D eigenvalue weighted by Crippen LogP contribution is 2.16. The van der Waals surface area contributed by atoms with Gasteiger partial charge < -0.3 is 10.6 Å². The SMILES string of the molecule is Cc1cccc(CCN(C)c2cccc(N)c2)c1. The van der Waals surface area contributed by atoms with Crippen molar-refractivity contribution >= 4 is 11.4 Å². The predicted octanol–water partition coefficient (Wildman–Crippen LogP) is 3.26. The molecule has 0 bridgehead atoms. The Morgan fingerprint density at radius 3 is 2.56 bits per heavy atom. The Hall–Kier alpha value is -1.96. The van der Waals surface area contributed by atoms with Gasteiger partial charge in [0.2, 0.25) is 0 Å². The van der Waals surface area contributed by atoms with Crippen molar-refractivity contribution in [2.45, 2.75) is 13.3 Å². The van der Waals surface area contributed by atoms with E-state index in [0.29, 0.717) is 0 Å². The first-order valence-corrected chi connectivity index (χ1v) is 6.27. The number of nitrogens with two attached hydrogens (primary N) is 1. The number of likely N-dealkylation sites (N-methyl/N-ethyl adjacent to an activating group) is 1. The van der Waals surface area contributed by atoms with Gasteiger partial charge >= 0.3 is 0 Å².